The number of β-amino-alcohol motifs (C(OH)–C–C–N with tert-alkyl or cyclic N) is 1. The number of anilines is 1. The lowest BCUT2D eigenvalue weighted by Crippen LogP contribution is -2.43. The van der Waals surface area contributed by atoms with Gasteiger partial charge in [0.05, 0.1) is 11.8 Å². The molecular formula is C12H13IN2O4. The van der Waals surface area contributed by atoms with Crippen molar-refractivity contribution >= 4 is 40.3 Å². The smallest absolute Gasteiger partial charge is 0.326 e. The predicted molar refractivity (Wildman–Crippen MR) is 76.9 cm³/mol. The fraction of sp³-hybridized carbons (Fsp3) is 0.333. The van der Waals surface area contributed by atoms with Crippen molar-refractivity contribution in [2.45, 2.75) is 18.6 Å². The van der Waals surface area contributed by atoms with Crippen molar-refractivity contribution in [3.05, 3.63) is 27.8 Å². The van der Waals surface area contributed by atoms with E-state index in [2.05, 4.69) is 27.9 Å². The maximum Gasteiger partial charge on any atom is 0.326 e. The van der Waals surface area contributed by atoms with Crippen LogP contribution < -0.4 is 5.32 Å². The normalized spacial score (nSPS) is 22.3. The molecule has 102 valence electrons. The molecule has 2 rings (SSSR count). The van der Waals surface area contributed by atoms with E-state index in [1.807, 2.05) is 12.1 Å². The number of rotatable bonds is 2. The van der Waals surface area contributed by atoms with Crippen molar-refractivity contribution in [2.24, 2.45) is 0 Å². The van der Waals surface area contributed by atoms with Gasteiger partial charge in [-0.25, -0.2) is 9.59 Å². The number of urea groups is 1. The van der Waals surface area contributed by atoms with E-state index in [0.717, 1.165) is 8.47 Å². The van der Waals surface area contributed by atoms with Crippen LogP contribution in [0, 0.1) is 3.57 Å². The van der Waals surface area contributed by atoms with E-state index in [-0.39, 0.29) is 13.0 Å². The van der Waals surface area contributed by atoms with E-state index >= 15 is 0 Å². The van der Waals surface area contributed by atoms with Crippen LogP contribution in [0.25, 0.3) is 0 Å². The van der Waals surface area contributed by atoms with E-state index in [4.69, 9.17) is 5.11 Å². The van der Waals surface area contributed by atoms with Crippen LogP contribution in [-0.2, 0) is 4.79 Å². The molecule has 1 aromatic rings. The minimum atomic E-state index is -1.10. The number of amides is 2. The van der Waals surface area contributed by atoms with Gasteiger partial charge in [-0.3, -0.25) is 0 Å². The number of hydrogen-bond acceptors (Lipinski definition) is 3. The molecule has 1 aromatic carbocycles. The average Bonchev–Trinajstić information content (AvgIpc) is 2.74. The molecule has 3 N–H and O–H groups in total. The molecule has 0 radical (unpaired) electrons. The highest BCUT2D eigenvalue weighted by molar-refractivity contribution is 14.1. The van der Waals surface area contributed by atoms with Crippen molar-refractivity contribution in [2.75, 3.05) is 11.9 Å². The van der Waals surface area contributed by atoms with Gasteiger partial charge < -0.3 is 20.4 Å². The molecule has 0 spiro atoms. The van der Waals surface area contributed by atoms with E-state index in [0.29, 0.717) is 5.69 Å². The van der Waals surface area contributed by atoms with Gasteiger partial charge in [0.2, 0.25) is 0 Å². The summed E-state index contributed by atoms with van der Waals surface area (Å²) in [5, 5.41) is 21.2. The molecule has 0 bridgehead atoms. The Hall–Kier alpha value is -1.35. The lowest BCUT2D eigenvalue weighted by molar-refractivity contribution is -0.141. The number of benzene rings is 1. The van der Waals surface area contributed by atoms with Gasteiger partial charge in [0.25, 0.3) is 0 Å². The summed E-state index contributed by atoms with van der Waals surface area (Å²) in [6.45, 7) is 0.0339. The Kier molecular flexibility index (Phi) is 4.25. The second-order valence-corrected chi connectivity index (χ2v) is 5.47. The summed E-state index contributed by atoms with van der Waals surface area (Å²) in [5.41, 5.74) is 0.624. The van der Waals surface area contributed by atoms with E-state index in [9.17, 15) is 14.7 Å². The van der Waals surface area contributed by atoms with Gasteiger partial charge in [-0.15, -0.1) is 0 Å². The number of nitrogens with one attached hydrogen (secondary N) is 1. The first-order valence-corrected chi connectivity index (χ1v) is 6.80. The number of halogens is 1. The summed E-state index contributed by atoms with van der Waals surface area (Å²) in [4.78, 5) is 24.3. The number of aliphatic carboxylic acids is 1. The Morgan fingerprint density at radius 2 is 2.05 bits per heavy atom. The topological polar surface area (TPSA) is 89.9 Å². The number of para-hydroxylation sites is 1. The summed E-state index contributed by atoms with van der Waals surface area (Å²) < 4.78 is 0.861. The third-order valence-corrected chi connectivity index (χ3v) is 3.88. The lowest BCUT2D eigenvalue weighted by atomic mass is 10.2. The monoisotopic (exact) mass is 376 g/mol. The second kappa shape index (κ2) is 5.74. The Labute approximate surface area is 123 Å². The van der Waals surface area contributed by atoms with E-state index in [1.165, 1.54) is 0 Å². The summed E-state index contributed by atoms with van der Waals surface area (Å²) >= 11 is 2.08. The second-order valence-electron chi connectivity index (χ2n) is 4.31. The molecule has 2 amide bonds. The molecule has 1 saturated heterocycles. The van der Waals surface area contributed by atoms with Gasteiger partial charge in [-0.1, -0.05) is 12.1 Å². The van der Waals surface area contributed by atoms with Crippen LogP contribution in [0.15, 0.2) is 24.3 Å². The largest absolute Gasteiger partial charge is 0.480 e. The first kappa shape index (κ1) is 14.1. The molecule has 1 heterocycles. The van der Waals surface area contributed by atoms with Gasteiger partial charge in [-0.05, 0) is 34.7 Å². The number of carboxylic acids is 1. The van der Waals surface area contributed by atoms with E-state index < -0.39 is 24.1 Å². The van der Waals surface area contributed by atoms with Crippen LogP contribution in [0.5, 0.6) is 0 Å². The Balaban J connectivity index is 2.11. The summed E-state index contributed by atoms with van der Waals surface area (Å²) in [7, 11) is 0. The SMILES string of the molecule is O=C(O)C1CC(O)CN1C(=O)Nc1ccccc1I. The molecule has 2 unspecified atom stereocenters. The van der Waals surface area contributed by atoms with Gasteiger partial charge in [0.15, 0.2) is 0 Å². The number of likely N-dealkylation sites (tertiary alicyclic amines) is 1. The fourth-order valence-electron chi connectivity index (χ4n) is 2.02. The molecule has 19 heavy (non-hydrogen) atoms. The minimum Gasteiger partial charge on any atom is -0.480 e. The van der Waals surface area contributed by atoms with Crippen molar-refractivity contribution < 1.29 is 19.8 Å². The lowest BCUT2D eigenvalue weighted by Gasteiger charge is -2.21. The molecule has 6 nitrogen and oxygen atoms in total. The predicted octanol–water partition coefficient (Wildman–Crippen LogP) is 1.34. The highest BCUT2D eigenvalue weighted by atomic mass is 127. The van der Waals surface area contributed by atoms with Gasteiger partial charge in [0, 0.05) is 16.5 Å². The number of carboxylic acid groups (broad SMARTS) is 1. The van der Waals surface area contributed by atoms with Crippen molar-refractivity contribution in [3.63, 3.8) is 0 Å². The summed E-state index contributed by atoms with van der Waals surface area (Å²) in [5.74, 6) is -1.10. The van der Waals surface area contributed by atoms with Crippen LogP contribution >= 0.6 is 22.6 Å². The minimum absolute atomic E-state index is 0.0339. The van der Waals surface area contributed by atoms with Gasteiger partial charge >= 0.3 is 12.0 Å². The first-order chi connectivity index (χ1) is 8.99. The maximum absolute atomic E-state index is 12.1. The van der Waals surface area contributed by atoms with Crippen LogP contribution in [0.4, 0.5) is 10.5 Å². The molecule has 1 fully saturated rings. The fourth-order valence-corrected chi connectivity index (χ4v) is 2.54. The Bertz CT molecular complexity index is 508. The van der Waals surface area contributed by atoms with Gasteiger partial charge in [0.1, 0.15) is 6.04 Å². The molecule has 1 aliphatic rings. The molecule has 0 saturated carbocycles. The van der Waals surface area contributed by atoms with Crippen molar-refractivity contribution in [3.8, 4) is 0 Å². The number of carbonyl (C=O) groups excluding carboxylic acids is 1. The van der Waals surface area contributed by atoms with Crippen LogP contribution in [0.2, 0.25) is 0 Å². The number of carbonyl (C=O) groups is 2. The molecule has 2 atom stereocenters. The zero-order chi connectivity index (χ0) is 14.0. The molecule has 0 aromatic heterocycles. The van der Waals surface area contributed by atoms with Gasteiger partial charge in [-0.2, -0.15) is 0 Å². The van der Waals surface area contributed by atoms with E-state index in [1.54, 1.807) is 12.1 Å². The highest BCUT2D eigenvalue weighted by Gasteiger charge is 2.39. The summed E-state index contributed by atoms with van der Waals surface area (Å²) in [6.07, 6.45) is -0.726. The third kappa shape index (κ3) is 3.16. The first-order valence-electron chi connectivity index (χ1n) is 5.72. The highest BCUT2D eigenvalue weighted by Crippen LogP contribution is 2.22. The molecule has 1 aliphatic heterocycles. The standard InChI is InChI=1S/C12H13IN2O4/c13-8-3-1-2-4-9(8)14-12(19)15-6-7(16)5-10(15)11(17)18/h1-4,7,10,16H,5-6H2,(H,14,19)(H,17,18). The zero-order valence-electron chi connectivity index (χ0n) is 9.91. The average molecular weight is 376 g/mol. The number of nitrogens with zero attached hydrogens (tertiary/aromatic N) is 1. The third-order valence-electron chi connectivity index (χ3n) is 2.94. The zero-order valence-corrected chi connectivity index (χ0v) is 12.1. The quantitative estimate of drug-likeness (QED) is 0.680. The Morgan fingerprint density at radius 1 is 1.37 bits per heavy atom. The maximum atomic E-state index is 12.1. The number of aliphatic hydroxyl groups excluding tert-OH is 1. The summed E-state index contributed by atoms with van der Waals surface area (Å²) in [6, 6.07) is 5.72. The van der Waals surface area contributed by atoms with Crippen LogP contribution in [0.3, 0.4) is 0 Å². The number of aliphatic hydroxyl groups is 1. The molecule has 0 aliphatic carbocycles. The molecule has 7 heteroatoms. The Morgan fingerprint density at radius 3 is 2.68 bits per heavy atom. The molecular weight excluding hydrogens is 363 g/mol. The van der Waals surface area contributed by atoms with Crippen molar-refractivity contribution in [1.29, 1.82) is 0 Å². The van der Waals surface area contributed by atoms with Crippen LogP contribution in [0.1, 0.15) is 6.42 Å². The van der Waals surface area contributed by atoms with Crippen molar-refractivity contribution in [1.82, 2.24) is 4.90 Å². The number of hydrogen-bond donors (Lipinski definition) is 3. The van der Waals surface area contributed by atoms with Crippen LogP contribution in [-0.4, -0.2) is 45.8 Å².